The van der Waals surface area contributed by atoms with Crippen LogP contribution in [0.1, 0.15) is 0 Å². The maximum absolute atomic E-state index is 11.6. The number of imidazole rings is 1. The number of fused-ring (bicyclic) bond motifs is 1. The monoisotopic (exact) mass is 448 g/mol. The molecule has 1 aromatic heterocycles. The molecule has 0 aliphatic carbocycles. The van der Waals surface area contributed by atoms with Gasteiger partial charge in [0.15, 0.2) is 11.5 Å². The second kappa shape index (κ2) is 8.51. The van der Waals surface area contributed by atoms with Crippen molar-refractivity contribution in [2.45, 2.75) is 0 Å². The molecule has 0 fully saturated rings. The molecule has 8 nitrogen and oxygen atoms in total. The van der Waals surface area contributed by atoms with Crippen LogP contribution < -0.4 is 10.6 Å². The van der Waals surface area contributed by atoms with E-state index in [-0.39, 0.29) is 17.2 Å². The van der Waals surface area contributed by atoms with Gasteiger partial charge in [-0.1, -0.05) is 42.5 Å². The van der Waals surface area contributed by atoms with Gasteiger partial charge in [-0.15, -0.1) is 0 Å². The summed E-state index contributed by atoms with van der Waals surface area (Å²) >= 11 is 0. The van der Waals surface area contributed by atoms with E-state index in [2.05, 4.69) is 9.88 Å². The van der Waals surface area contributed by atoms with Crippen LogP contribution in [0.25, 0.3) is 22.4 Å². The molecule has 0 aliphatic heterocycles. The lowest BCUT2D eigenvalue weighted by atomic mass is 10.1. The molecule has 0 amide bonds. The normalized spacial score (nSPS) is 10.8. The molecule has 4 aromatic carbocycles. The standard InChI is InChI=1S/C26H20N6O2/c27-26(28)31-24-22(12-7-13-23(24)32(33)34)29-25(31)18-14-16-21(17-15-18)30(19-8-3-1-4-9-19)20-10-5-2-6-11-20/h1-17H,(H3,27,28). The number of rotatable bonds is 5. The van der Waals surface area contributed by atoms with Crippen LogP contribution in [0, 0.1) is 15.5 Å². The SMILES string of the molecule is N=C(N)n1c(-c2ccc(N(c3ccccc3)c3ccccc3)cc2)nc2cccc([N+](=O)[O-])c21. The number of nitrogen functional groups attached to an aromatic ring is 1. The van der Waals surface area contributed by atoms with Crippen LogP contribution in [0.5, 0.6) is 0 Å². The summed E-state index contributed by atoms with van der Waals surface area (Å²) in [6.07, 6.45) is 0. The van der Waals surface area contributed by atoms with Crippen LogP contribution in [0.4, 0.5) is 22.7 Å². The molecule has 0 spiro atoms. The molecule has 5 aromatic rings. The Morgan fingerprint density at radius 1 is 0.824 bits per heavy atom. The molecule has 5 rings (SSSR count). The highest BCUT2D eigenvalue weighted by atomic mass is 16.6. The highest BCUT2D eigenvalue weighted by molar-refractivity contribution is 5.98. The van der Waals surface area contributed by atoms with Gasteiger partial charge in [0.05, 0.1) is 10.4 Å². The van der Waals surface area contributed by atoms with Crippen LogP contribution in [0.2, 0.25) is 0 Å². The van der Waals surface area contributed by atoms with Crippen molar-refractivity contribution in [2.75, 3.05) is 4.90 Å². The zero-order valence-corrected chi connectivity index (χ0v) is 18.0. The summed E-state index contributed by atoms with van der Waals surface area (Å²) in [6, 6.07) is 32.3. The van der Waals surface area contributed by atoms with E-state index >= 15 is 0 Å². The summed E-state index contributed by atoms with van der Waals surface area (Å²) < 4.78 is 1.31. The quantitative estimate of drug-likeness (QED) is 0.152. The topological polar surface area (TPSA) is 114 Å². The second-order valence-electron chi connectivity index (χ2n) is 7.61. The maximum Gasteiger partial charge on any atom is 0.295 e. The lowest BCUT2D eigenvalue weighted by Crippen LogP contribution is -2.21. The first-order valence-corrected chi connectivity index (χ1v) is 10.6. The molecular weight excluding hydrogens is 428 g/mol. The first kappa shape index (κ1) is 20.9. The van der Waals surface area contributed by atoms with Gasteiger partial charge in [0, 0.05) is 28.7 Å². The van der Waals surface area contributed by atoms with Crippen molar-refractivity contribution in [3.8, 4) is 11.4 Å². The van der Waals surface area contributed by atoms with Gasteiger partial charge >= 0.3 is 0 Å². The molecule has 8 heteroatoms. The maximum atomic E-state index is 11.6. The Morgan fingerprint density at radius 3 is 1.91 bits per heavy atom. The Morgan fingerprint density at radius 2 is 1.38 bits per heavy atom. The van der Waals surface area contributed by atoms with Crippen molar-refractivity contribution in [1.82, 2.24) is 9.55 Å². The third kappa shape index (κ3) is 3.63. The smallest absolute Gasteiger partial charge is 0.295 e. The average molecular weight is 448 g/mol. The fraction of sp³-hybridized carbons (Fsp3) is 0. The predicted octanol–water partition coefficient (Wildman–Crippen LogP) is 5.82. The second-order valence-corrected chi connectivity index (χ2v) is 7.61. The average Bonchev–Trinajstić information content (AvgIpc) is 3.26. The zero-order chi connectivity index (χ0) is 23.7. The molecule has 0 atom stereocenters. The van der Waals surface area contributed by atoms with Gasteiger partial charge < -0.3 is 10.6 Å². The van der Waals surface area contributed by atoms with E-state index in [0.717, 1.165) is 17.1 Å². The number of nitrogens with one attached hydrogen (secondary N) is 1. The number of aromatic nitrogens is 2. The minimum absolute atomic E-state index is 0.151. The van der Waals surface area contributed by atoms with Crippen molar-refractivity contribution in [3.63, 3.8) is 0 Å². The summed E-state index contributed by atoms with van der Waals surface area (Å²) in [7, 11) is 0. The molecule has 0 saturated carbocycles. The van der Waals surface area contributed by atoms with Crippen molar-refractivity contribution in [3.05, 3.63) is 113 Å². The summed E-state index contributed by atoms with van der Waals surface area (Å²) in [6.45, 7) is 0. The number of hydrogen-bond donors (Lipinski definition) is 2. The van der Waals surface area contributed by atoms with E-state index in [1.54, 1.807) is 12.1 Å². The van der Waals surface area contributed by atoms with E-state index in [1.807, 2.05) is 84.9 Å². The van der Waals surface area contributed by atoms with Crippen LogP contribution >= 0.6 is 0 Å². The molecule has 1 heterocycles. The highest BCUT2D eigenvalue weighted by Crippen LogP contribution is 2.36. The fourth-order valence-corrected chi connectivity index (χ4v) is 4.05. The van der Waals surface area contributed by atoms with E-state index < -0.39 is 4.92 Å². The number of nitro groups is 1. The zero-order valence-electron chi connectivity index (χ0n) is 18.0. The number of nitrogens with two attached hydrogens (primary N) is 1. The van der Waals surface area contributed by atoms with Crippen LogP contribution in [-0.4, -0.2) is 20.4 Å². The van der Waals surface area contributed by atoms with Crippen molar-refractivity contribution >= 4 is 39.7 Å². The van der Waals surface area contributed by atoms with Crippen molar-refractivity contribution in [1.29, 1.82) is 5.41 Å². The lowest BCUT2D eigenvalue weighted by Gasteiger charge is -2.25. The number of benzene rings is 4. The van der Waals surface area contributed by atoms with Gasteiger partial charge in [0.1, 0.15) is 5.82 Å². The molecule has 34 heavy (non-hydrogen) atoms. The molecule has 0 radical (unpaired) electrons. The van der Waals surface area contributed by atoms with Gasteiger partial charge in [0.25, 0.3) is 5.69 Å². The number of anilines is 3. The lowest BCUT2D eigenvalue weighted by molar-refractivity contribution is -0.383. The first-order valence-electron chi connectivity index (χ1n) is 10.6. The minimum atomic E-state index is -0.492. The van der Waals surface area contributed by atoms with E-state index in [4.69, 9.17) is 11.1 Å². The van der Waals surface area contributed by atoms with E-state index in [9.17, 15) is 10.1 Å². The van der Waals surface area contributed by atoms with Gasteiger partial charge in [-0.2, -0.15) is 0 Å². The van der Waals surface area contributed by atoms with Crippen molar-refractivity contribution in [2.24, 2.45) is 5.73 Å². The Bertz CT molecular complexity index is 1460. The fourth-order valence-electron chi connectivity index (χ4n) is 4.05. The number of para-hydroxylation sites is 3. The van der Waals surface area contributed by atoms with E-state index in [0.29, 0.717) is 16.9 Å². The summed E-state index contributed by atoms with van der Waals surface area (Å²) in [4.78, 5) is 17.8. The van der Waals surface area contributed by atoms with Gasteiger partial charge in [-0.25, -0.2) is 4.98 Å². The first-order chi connectivity index (χ1) is 16.5. The Labute approximate surface area is 195 Å². The molecule has 0 aliphatic rings. The Balaban J connectivity index is 1.63. The molecular formula is C26H20N6O2. The van der Waals surface area contributed by atoms with Crippen LogP contribution in [-0.2, 0) is 0 Å². The van der Waals surface area contributed by atoms with Gasteiger partial charge in [-0.05, 0) is 54.6 Å². The van der Waals surface area contributed by atoms with Crippen LogP contribution in [0.15, 0.2) is 103 Å². The van der Waals surface area contributed by atoms with Gasteiger partial charge in [0.2, 0.25) is 0 Å². The number of non-ortho nitro benzene ring substituents is 1. The molecule has 0 unspecified atom stereocenters. The van der Waals surface area contributed by atoms with Gasteiger partial charge in [-0.3, -0.25) is 20.1 Å². The highest BCUT2D eigenvalue weighted by Gasteiger charge is 2.23. The van der Waals surface area contributed by atoms with Crippen LogP contribution in [0.3, 0.4) is 0 Å². The molecule has 3 N–H and O–H groups in total. The number of nitrogens with zero attached hydrogens (tertiary/aromatic N) is 4. The number of nitro benzene ring substituents is 1. The predicted molar refractivity (Wildman–Crippen MR) is 134 cm³/mol. The Hall–Kier alpha value is -4.98. The largest absolute Gasteiger partial charge is 0.369 e. The Kier molecular flexibility index (Phi) is 5.23. The number of hydrogen-bond acceptors (Lipinski definition) is 5. The third-order valence-corrected chi connectivity index (χ3v) is 5.51. The third-order valence-electron chi connectivity index (χ3n) is 5.51. The van der Waals surface area contributed by atoms with Crippen molar-refractivity contribution < 1.29 is 4.92 Å². The summed E-state index contributed by atoms with van der Waals surface area (Å²) in [5.74, 6) is 0.0281. The minimum Gasteiger partial charge on any atom is -0.369 e. The summed E-state index contributed by atoms with van der Waals surface area (Å²) in [5.41, 5.74) is 9.92. The van der Waals surface area contributed by atoms with E-state index in [1.165, 1.54) is 10.6 Å². The molecule has 0 saturated heterocycles. The molecule has 0 bridgehead atoms. The molecule has 166 valence electrons. The summed E-state index contributed by atoms with van der Waals surface area (Å²) in [5, 5.41) is 19.6.